The lowest BCUT2D eigenvalue weighted by molar-refractivity contribution is -0.224. The maximum Gasteiger partial charge on any atom is 0.342 e. The Labute approximate surface area is 209 Å². The summed E-state index contributed by atoms with van der Waals surface area (Å²) >= 11 is 0. The summed E-state index contributed by atoms with van der Waals surface area (Å²) in [7, 11) is 0. The van der Waals surface area contributed by atoms with Crippen LogP contribution in [0.25, 0.3) is 0 Å². The van der Waals surface area contributed by atoms with Gasteiger partial charge in [0, 0.05) is 33.1 Å². The first-order valence-electron chi connectivity index (χ1n) is 12.2. The van der Waals surface area contributed by atoms with Gasteiger partial charge in [0.05, 0.1) is 11.5 Å². The molecule has 10 heteroatoms. The topological polar surface area (TPSA) is 138 Å². The fraction of sp³-hybridized carbons (Fsp3) is 0.692. The van der Waals surface area contributed by atoms with Crippen molar-refractivity contribution in [2.75, 3.05) is 0 Å². The van der Waals surface area contributed by atoms with Crippen molar-refractivity contribution in [2.45, 2.75) is 96.6 Å². The SMILES string of the molecule is CC(=O)OC1C=CC(C)=CC2OC(=O)C3(C)OC23C(OC(C)=O)C2C(C)C(O)CC(OC(C)=O)C12C. The van der Waals surface area contributed by atoms with Crippen LogP contribution in [0, 0.1) is 17.3 Å². The second-order valence-electron chi connectivity index (χ2n) is 10.7. The average Bonchev–Trinajstić information content (AvgIpc) is 3.34. The van der Waals surface area contributed by atoms with Gasteiger partial charge in [-0.1, -0.05) is 25.5 Å². The summed E-state index contributed by atoms with van der Waals surface area (Å²) in [5.74, 6) is -3.67. The quantitative estimate of drug-likeness (QED) is 0.342. The van der Waals surface area contributed by atoms with Crippen LogP contribution >= 0.6 is 0 Å². The first-order valence-corrected chi connectivity index (χ1v) is 12.2. The van der Waals surface area contributed by atoms with Crippen molar-refractivity contribution in [1.29, 1.82) is 0 Å². The number of fused-ring (bicyclic) bond motifs is 1. The monoisotopic (exact) mass is 506 g/mol. The van der Waals surface area contributed by atoms with Crippen molar-refractivity contribution in [3.63, 3.8) is 0 Å². The minimum Gasteiger partial charge on any atom is -0.462 e. The molecule has 1 spiro atoms. The van der Waals surface area contributed by atoms with Gasteiger partial charge in [0.25, 0.3) is 0 Å². The summed E-state index contributed by atoms with van der Waals surface area (Å²) in [6, 6.07) is 0. The molecular weight excluding hydrogens is 472 g/mol. The standard InChI is InChI=1S/C26H34O10/c1-12-8-9-18(32-14(3)27)24(6)19(33-15(4)28)11-17(30)13(2)21(24)22(34-16(5)29)26-20(10-12)35-23(31)25(26,7)36-26/h8-10,13,17-22,30H,11H2,1-7H3. The van der Waals surface area contributed by atoms with Gasteiger partial charge < -0.3 is 28.8 Å². The van der Waals surface area contributed by atoms with Crippen LogP contribution < -0.4 is 0 Å². The predicted molar refractivity (Wildman–Crippen MR) is 123 cm³/mol. The Kier molecular flexibility index (Phi) is 6.36. The van der Waals surface area contributed by atoms with Gasteiger partial charge in [0.2, 0.25) is 0 Å². The molecule has 36 heavy (non-hydrogen) atoms. The van der Waals surface area contributed by atoms with E-state index in [1.165, 1.54) is 20.8 Å². The molecule has 0 aromatic carbocycles. The maximum absolute atomic E-state index is 12.9. The summed E-state index contributed by atoms with van der Waals surface area (Å²) in [6.07, 6.45) is 0.419. The Morgan fingerprint density at radius 1 is 1.06 bits per heavy atom. The fourth-order valence-corrected chi connectivity index (χ4v) is 6.56. The van der Waals surface area contributed by atoms with Crippen molar-refractivity contribution in [3.05, 3.63) is 23.8 Å². The molecule has 10 nitrogen and oxygen atoms in total. The van der Waals surface area contributed by atoms with E-state index in [9.17, 15) is 24.3 Å². The zero-order chi connectivity index (χ0) is 26.8. The van der Waals surface area contributed by atoms with Gasteiger partial charge >= 0.3 is 23.9 Å². The molecule has 2 aliphatic heterocycles. The summed E-state index contributed by atoms with van der Waals surface area (Å²) in [6.45, 7) is 10.7. The number of rotatable bonds is 3. The lowest BCUT2D eigenvalue weighted by atomic mass is 9.53. The number of ether oxygens (including phenoxy) is 5. The lowest BCUT2D eigenvalue weighted by Gasteiger charge is -2.56. The number of esters is 4. The van der Waals surface area contributed by atoms with Gasteiger partial charge in [0.1, 0.15) is 18.3 Å². The number of epoxide rings is 1. The Hall–Kier alpha value is -2.72. The highest BCUT2D eigenvalue weighted by Gasteiger charge is 2.87. The molecule has 0 amide bonds. The van der Waals surface area contributed by atoms with E-state index in [2.05, 4.69) is 0 Å². The van der Waals surface area contributed by atoms with Gasteiger partial charge in [-0.05, 0) is 31.9 Å². The highest BCUT2D eigenvalue weighted by Crippen LogP contribution is 2.65. The molecule has 1 N–H and O–H groups in total. The van der Waals surface area contributed by atoms with Gasteiger partial charge in [-0.3, -0.25) is 14.4 Å². The van der Waals surface area contributed by atoms with Gasteiger partial charge in [-0.2, -0.15) is 0 Å². The molecule has 0 aromatic heterocycles. The van der Waals surface area contributed by atoms with Crippen LogP contribution in [0.1, 0.15) is 54.9 Å². The largest absolute Gasteiger partial charge is 0.462 e. The van der Waals surface area contributed by atoms with E-state index < -0.39 is 82.8 Å². The number of aliphatic hydroxyl groups is 1. The molecule has 1 saturated carbocycles. The third-order valence-corrected chi connectivity index (χ3v) is 8.37. The number of aliphatic hydroxyl groups excluding tert-OH is 1. The van der Waals surface area contributed by atoms with E-state index in [0.29, 0.717) is 5.57 Å². The second kappa shape index (κ2) is 8.69. The third kappa shape index (κ3) is 3.76. The van der Waals surface area contributed by atoms with Crippen molar-refractivity contribution >= 4 is 23.9 Å². The third-order valence-electron chi connectivity index (χ3n) is 8.37. The van der Waals surface area contributed by atoms with E-state index in [4.69, 9.17) is 23.7 Å². The van der Waals surface area contributed by atoms with E-state index >= 15 is 0 Å². The van der Waals surface area contributed by atoms with Crippen LogP contribution in [0.4, 0.5) is 0 Å². The average molecular weight is 507 g/mol. The number of carbonyl (C=O) groups excluding carboxylic acids is 4. The fourth-order valence-electron chi connectivity index (χ4n) is 6.56. The van der Waals surface area contributed by atoms with E-state index in [-0.39, 0.29) is 6.42 Å². The van der Waals surface area contributed by atoms with Crippen LogP contribution in [0.5, 0.6) is 0 Å². The first-order chi connectivity index (χ1) is 16.7. The molecule has 3 fully saturated rings. The highest BCUT2D eigenvalue weighted by atomic mass is 16.7. The lowest BCUT2D eigenvalue weighted by Crippen LogP contribution is -2.65. The van der Waals surface area contributed by atoms with Crippen LogP contribution in [0.3, 0.4) is 0 Å². The van der Waals surface area contributed by atoms with Crippen LogP contribution in [-0.2, 0) is 42.9 Å². The molecular formula is C26H34O10. The van der Waals surface area contributed by atoms with Crippen LogP contribution in [0.2, 0.25) is 0 Å². The molecule has 2 saturated heterocycles. The van der Waals surface area contributed by atoms with Gasteiger partial charge in [-0.25, -0.2) is 4.79 Å². The smallest absolute Gasteiger partial charge is 0.342 e. The molecule has 2 aliphatic carbocycles. The summed E-state index contributed by atoms with van der Waals surface area (Å²) in [5.41, 5.74) is -3.28. The minimum absolute atomic E-state index is 0.0744. The Balaban J connectivity index is 2.01. The Morgan fingerprint density at radius 3 is 2.22 bits per heavy atom. The second-order valence-corrected chi connectivity index (χ2v) is 10.7. The number of carbonyl (C=O) groups is 4. The number of hydrogen-bond acceptors (Lipinski definition) is 10. The van der Waals surface area contributed by atoms with Gasteiger partial charge in [0.15, 0.2) is 17.3 Å². The van der Waals surface area contributed by atoms with E-state index in [0.717, 1.165) is 0 Å². The molecule has 10 atom stereocenters. The van der Waals surface area contributed by atoms with Crippen molar-refractivity contribution < 1.29 is 48.0 Å². The normalized spacial score (nSPS) is 45.2. The molecule has 10 unspecified atom stereocenters. The van der Waals surface area contributed by atoms with Crippen molar-refractivity contribution in [3.8, 4) is 0 Å². The van der Waals surface area contributed by atoms with Crippen molar-refractivity contribution in [1.82, 2.24) is 0 Å². The van der Waals surface area contributed by atoms with Crippen LogP contribution in [0.15, 0.2) is 23.8 Å². The number of allylic oxidation sites excluding steroid dienone is 2. The van der Waals surface area contributed by atoms with E-state index in [1.54, 1.807) is 45.9 Å². The summed E-state index contributed by atoms with van der Waals surface area (Å²) in [5, 5.41) is 11.1. The predicted octanol–water partition coefficient (Wildman–Crippen LogP) is 1.77. The summed E-state index contributed by atoms with van der Waals surface area (Å²) in [4.78, 5) is 49.8. The Morgan fingerprint density at radius 2 is 1.67 bits per heavy atom. The molecule has 0 radical (unpaired) electrons. The Bertz CT molecular complexity index is 1050. The van der Waals surface area contributed by atoms with Gasteiger partial charge in [-0.15, -0.1) is 0 Å². The number of hydrogen-bond donors (Lipinski definition) is 1. The first kappa shape index (κ1) is 26.3. The molecule has 2 heterocycles. The zero-order valence-electron chi connectivity index (χ0n) is 21.6. The van der Waals surface area contributed by atoms with Crippen LogP contribution in [-0.4, -0.2) is 70.7 Å². The maximum atomic E-state index is 12.9. The molecule has 0 bridgehead atoms. The molecule has 198 valence electrons. The zero-order valence-corrected chi connectivity index (χ0v) is 21.6. The molecule has 4 rings (SSSR count). The molecule has 4 aliphatic rings. The van der Waals surface area contributed by atoms with E-state index in [1.807, 2.05) is 0 Å². The highest BCUT2D eigenvalue weighted by molar-refractivity contribution is 5.89. The van der Waals surface area contributed by atoms with Crippen molar-refractivity contribution in [2.24, 2.45) is 17.3 Å². The molecule has 0 aromatic rings. The summed E-state index contributed by atoms with van der Waals surface area (Å²) < 4.78 is 29.3. The minimum atomic E-state index is -1.39.